The van der Waals surface area contributed by atoms with Crippen LogP contribution in [0.15, 0.2) is 15.9 Å². The molecule has 0 aliphatic carbocycles. The Bertz CT molecular complexity index is 318. The Kier molecular flexibility index (Phi) is 4.16. The third-order valence-corrected chi connectivity index (χ3v) is 4.28. The molecule has 0 amide bonds. The number of halogens is 1. The van der Waals surface area contributed by atoms with Crippen molar-refractivity contribution in [1.29, 1.82) is 0 Å². The number of thiophene rings is 1. The van der Waals surface area contributed by atoms with Gasteiger partial charge in [-0.1, -0.05) is 0 Å². The summed E-state index contributed by atoms with van der Waals surface area (Å²) in [6.45, 7) is 4.23. The third kappa shape index (κ3) is 3.01. The van der Waals surface area contributed by atoms with E-state index in [2.05, 4.69) is 32.3 Å². The maximum absolute atomic E-state index is 5.72. The van der Waals surface area contributed by atoms with Crippen molar-refractivity contribution < 1.29 is 4.74 Å². The highest BCUT2D eigenvalue weighted by Gasteiger charge is 2.21. The first-order valence-corrected chi connectivity index (χ1v) is 6.71. The second-order valence-electron chi connectivity index (χ2n) is 3.67. The summed E-state index contributed by atoms with van der Waals surface area (Å²) in [5.74, 6) is 0. The van der Waals surface area contributed by atoms with Crippen molar-refractivity contribution >= 4 is 27.3 Å². The van der Waals surface area contributed by atoms with Gasteiger partial charge < -0.3 is 10.5 Å². The highest BCUT2D eigenvalue weighted by molar-refractivity contribution is 9.10. The molecule has 2 heterocycles. The van der Waals surface area contributed by atoms with Gasteiger partial charge in [0, 0.05) is 40.4 Å². The first-order chi connectivity index (χ1) is 7.29. The molecule has 2 N–H and O–H groups in total. The average molecular weight is 291 g/mol. The van der Waals surface area contributed by atoms with Gasteiger partial charge in [0.25, 0.3) is 0 Å². The number of rotatable bonds is 3. The van der Waals surface area contributed by atoms with Crippen LogP contribution >= 0.6 is 27.3 Å². The SMILES string of the molecule is NCC1COCCN1Cc1cc(Br)cs1. The van der Waals surface area contributed by atoms with Gasteiger partial charge in [0.15, 0.2) is 0 Å². The molecule has 1 aliphatic rings. The number of nitrogens with zero attached hydrogens (tertiary/aromatic N) is 1. The molecule has 0 radical (unpaired) electrons. The Morgan fingerprint density at radius 1 is 1.67 bits per heavy atom. The Hall–Kier alpha value is 0.0600. The minimum atomic E-state index is 0.375. The quantitative estimate of drug-likeness (QED) is 0.920. The predicted molar refractivity (Wildman–Crippen MR) is 66.1 cm³/mol. The number of nitrogens with two attached hydrogens (primary N) is 1. The second-order valence-corrected chi connectivity index (χ2v) is 5.58. The van der Waals surface area contributed by atoms with E-state index in [1.54, 1.807) is 11.3 Å². The van der Waals surface area contributed by atoms with Crippen LogP contribution in [0, 0.1) is 0 Å². The van der Waals surface area contributed by atoms with Crippen molar-refractivity contribution in [3.8, 4) is 0 Å². The van der Waals surface area contributed by atoms with Gasteiger partial charge in [-0.15, -0.1) is 11.3 Å². The Morgan fingerprint density at radius 2 is 2.53 bits per heavy atom. The summed E-state index contributed by atoms with van der Waals surface area (Å²) < 4.78 is 6.59. The largest absolute Gasteiger partial charge is 0.378 e. The summed E-state index contributed by atoms with van der Waals surface area (Å²) in [5.41, 5.74) is 5.72. The van der Waals surface area contributed by atoms with Crippen LogP contribution in [0.25, 0.3) is 0 Å². The van der Waals surface area contributed by atoms with Crippen LogP contribution in [0.1, 0.15) is 4.88 Å². The summed E-state index contributed by atoms with van der Waals surface area (Å²) in [7, 11) is 0. The number of morpholine rings is 1. The van der Waals surface area contributed by atoms with E-state index < -0.39 is 0 Å². The lowest BCUT2D eigenvalue weighted by Gasteiger charge is -2.34. The standard InChI is InChI=1S/C10H15BrN2OS/c11-8-3-10(15-7-8)5-13-1-2-14-6-9(13)4-12/h3,7,9H,1-2,4-6,12H2. The van der Waals surface area contributed by atoms with Gasteiger partial charge in [-0.05, 0) is 22.0 Å². The van der Waals surface area contributed by atoms with Crippen LogP contribution in [0.2, 0.25) is 0 Å². The van der Waals surface area contributed by atoms with E-state index >= 15 is 0 Å². The molecule has 0 bridgehead atoms. The van der Waals surface area contributed by atoms with Gasteiger partial charge in [-0.25, -0.2) is 0 Å². The molecular weight excluding hydrogens is 276 g/mol. The minimum Gasteiger partial charge on any atom is -0.378 e. The van der Waals surface area contributed by atoms with Gasteiger partial charge in [0.2, 0.25) is 0 Å². The predicted octanol–water partition coefficient (Wildman–Crippen LogP) is 1.67. The highest BCUT2D eigenvalue weighted by Crippen LogP contribution is 2.22. The fraction of sp³-hybridized carbons (Fsp3) is 0.600. The first-order valence-electron chi connectivity index (χ1n) is 5.04. The Labute approximate surface area is 102 Å². The van der Waals surface area contributed by atoms with Crippen molar-refractivity contribution in [3.05, 3.63) is 20.8 Å². The molecule has 1 aliphatic heterocycles. The average Bonchev–Trinajstić information content (AvgIpc) is 2.65. The topological polar surface area (TPSA) is 38.5 Å². The van der Waals surface area contributed by atoms with Gasteiger partial charge in [-0.2, -0.15) is 0 Å². The van der Waals surface area contributed by atoms with Gasteiger partial charge >= 0.3 is 0 Å². The van der Waals surface area contributed by atoms with E-state index in [9.17, 15) is 0 Å². The zero-order chi connectivity index (χ0) is 10.7. The fourth-order valence-corrected chi connectivity index (χ4v) is 3.23. The summed E-state index contributed by atoms with van der Waals surface area (Å²) in [4.78, 5) is 3.78. The molecule has 0 aromatic carbocycles. The second kappa shape index (κ2) is 5.41. The van der Waals surface area contributed by atoms with E-state index in [0.717, 1.165) is 26.3 Å². The summed E-state index contributed by atoms with van der Waals surface area (Å²) >= 11 is 5.26. The highest BCUT2D eigenvalue weighted by atomic mass is 79.9. The lowest BCUT2D eigenvalue weighted by atomic mass is 10.2. The van der Waals surface area contributed by atoms with Crippen LogP contribution in [-0.2, 0) is 11.3 Å². The monoisotopic (exact) mass is 290 g/mol. The molecule has 1 fully saturated rings. The van der Waals surface area contributed by atoms with Crippen molar-refractivity contribution in [1.82, 2.24) is 4.90 Å². The number of hydrogen-bond acceptors (Lipinski definition) is 4. The van der Waals surface area contributed by atoms with Gasteiger partial charge in [0.1, 0.15) is 0 Å². The molecule has 15 heavy (non-hydrogen) atoms. The molecule has 2 rings (SSSR count). The normalized spacial score (nSPS) is 23.2. The molecule has 1 unspecified atom stereocenters. The Morgan fingerprint density at radius 3 is 3.20 bits per heavy atom. The molecule has 3 nitrogen and oxygen atoms in total. The molecule has 0 saturated carbocycles. The van der Waals surface area contributed by atoms with E-state index in [-0.39, 0.29) is 0 Å². The summed E-state index contributed by atoms with van der Waals surface area (Å²) in [6, 6.07) is 2.55. The van der Waals surface area contributed by atoms with Crippen LogP contribution in [-0.4, -0.2) is 37.2 Å². The smallest absolute Gasteiger partial charge is 0.0634 e. The molecule has 1 aromatic rings. The van der Waals surface area contributed by atoms with E-state index in [1.807, 2.05) is 0 Å². The molecular formula is C10H15BrN2OS. The summed E-state index contributed by atoms with van der Waals surface area (Å²) in [6.07, 6.45) is 0. The maximum atomic E-state index is 5.72. The molecule has 5 heteroatoms. The van der Waals surface area contributed by atoms with E-state index in [0.29, 0.717) is 12.6 Å². The van der Waals surface area contributed by atoms with Gasteiger partial charge in [0.05, 0.1) is 13.2 Å². The van der Waals surface area contributed by atoms with Gasteiger partial charge in [-0.3, -0.25) is 4.90 Å². The molecule has 84 valence electrons. The first kappa shape index (κ1) is 11.5. The van der Waals surface area contributed by atoms with Crippen molar-refractivity contribution in [2.24, 2.45) is 5.73 Å². The van der Waals surface area contributed by atoms with E-state index in [4.69, 9.17) is 10.5 Å². The lowest BCUT2D eigenvalue weighted by molar-refractivity contribution is -0.00747. The van der Waals surface area contributed by atoms with Crippen LogP contribution in [0.4, 0.5) is 0 Å². The fourth-order valence-electron chi connectivity index (χ4n) is 1.75. The van der Waals surface area contributed by atoms with E-state index in [1.165, 1.54) is 9.35 Å². The summed E-state index contributed by atoms with van der Waals surface area (Å²) in [5, 5.41) is 2.12. The minimum absolute atomic E-state index is 0.375. The zero-order valence-corrected chi connectivity index (χ0v) is 10.9. The molecule has 0 spiro atoms. The van der Waals surface area contributed by atoms with Crippen LogP contribution < -0.4 is 5.73 Å². The number of ether oxygens (including phenoxy) is 1. The third-order valence-electron chi connectivity index (χ3n) is 2.60. The van der Waals surface area contributed by atoms with Crippen LogP contribution in [0.5, 0.6) is 0 Å². The molecule has 1 saturated heterocycles. The lowest BCUT2D eigenvalue weighted by Crippen LogP contribution is -2.48. The van der Waals surface area contributed by atoms with Crippen molar-refractivity contribution in [3.63, 3.8) is 0 Å². The molecule has 1 atom stereocenters. The Balaban J connectivity index is 1.97. The van der Waals surface area contributed by atoms with Crippen molar-refractivity contribution in [2.75, 3.05) is 26.3 Å². The molecule has 1 aromatic heterocycles. The number of hydrogen-bond donors (Lipinski definition) is 1. The maximum Gasteiger partial charge on any atom is 0.0634 e. The zero-order valence-electron chi connectivity index (χ0n) is 8.49. The van der Waals surface area contributed by atoms with Crippen LogP contribution in [0.3, 0.4) is 0 Å². The van der Waals surface area contributed by atoms with Crippen molar-refractivity contribution in [2.45, 2.75) is 12.6 Å².